The van der Waals surface area contributed by atoms with Crippen LogP contribution in [0.1, 0.15) is 5.56 Å². The molecule has 2 aromatic rings. The lowest BCUT2D eigenvalue weighted by molar-refractivity contribution is -0.122. The maximum atomic E-state index is 11.6. The number of amides is 1. The fraction of sp³-hybridized carbons (Fsp3) is 0.118. The van der Waals surface area contributed by atoms with Gasteiger partial charge in [-0.25, -0.2) is 0 Å². The zero-order valence-corrected chi connectivity index (χ0v) is 13.1. The first-order valence-corrected chi connectivity index (χ1v) is 7.29. The van der Waals surface area contributed by atoms with Crippen molar-refractivity contribution in [3.63, 3.8) is 0 Å². The zero-order chi connectivity index (χ0) is 15.8. The number of carbonyl (C=O) groups is 1. The van der Waals surface area contributed by atoms with E-state index in [9.17, 15) is 4.79 Å². The van der Waals surface area contributed by atoms with Gasteiger partial charge in [0, 0.05) is 16.7 Å². The molecule has 0 fully saturated rings. The van der Waals surface area contributed by atoms with Crippen molar-refractivity contribution in [2.75, 3.05) is 13.2 Å². The standard InChI is InChI=1S/C17H13Cl2NO2/c18-14-8-9-15(19)16(11-14)22-12-17(21)20-10-4-7-13-5-2-1-3-6-13/h1-3,5-6,8-9,11H,10,12H2,(H,20,21). The molecule has 5 heteroatoms. The van der Waals surface area contributed by atoms with Crippen molar-refractivity contribution >= 4 is 29.1 Å². The summed E-state index contributed by atoms with van der Waals surface area (Å²) >= 11 is 11.8. The van der Waals surface area contributed by atoms with Crippen LogP contribution in [0.3, 0.4) is 0 Å². The smallest absolute Gasteiger partial charge is 0.258 e. The van der Waals surface area contributed by atoms with Gasteiger partial charge < -0.3 is 10.1 Å². The maximum absolute atomic E-state index is 11.6. The van der Waals surface area contributed by atoms with E-state index in [4.69, 9.17) is 27.9 Å². The zero-order valence-electron chi connectivity index (χ0n) is 11.6. The minimum atomic E-state index is -0.279. The van der Waals surface area contributed by atoms with Gasteiger partial charge in [0.1, 0.15) is 5.75 Å². The van der Waals surface area contributed by atoms with E-state index in [1.807, 2.05) is 30.3 Å². The Morgan fingerprint density at radius 3 is 2.68 bits per heavy atom. The molecule has 1 amide bonds. The highest BCUT2D eigenvalue weighted by Crippen LogP contribution is 2.27. The predicted molar refractivity (Wildman–Crippen MR) is 88.3 cm³/mol. The molecular formula is C17H13Cl2NO2. The third-order valence-corrected chi connectivity index (χ3v) is 3.18. The summed E-state index contributed by atoms with van der Waals surface area (Å²) in [6.07, 6.45) is 0. The first kappa shape index (κ1) is 16.2. The molecule has 0 aromatic heterocycles. The summed E-state index contributed by atoms with van der Waals surface area (Å²) in [5.41, 5.74) is 0.902. The predicted octanol–water partition coefficient (Wildman–Crippen LogP) is 3.54. The number of carbonyl (C=O) groups excluding carboxylic acids is 1. The number of hydrogen-bond acceptors (Lipinski definition) is 2. The van der Waals surface area contributed by atoms with Gasteiger partial charge in [-0.2, -0.15) is 0 Å². The van der Waals surface area contributed by atoms with Gasteiger partial charge in [-0.15, -0.1) is 0 Å². The lowest BCUT2D eigenvalue weighted by atomic mass is 10.2. The van der Waals surface area contributed by atoms with Gasteiger partial charge in [-0.1, -0.05) is 53.2 Å². The molecule has 0 aliphatic carbocycles. The molecule has 0 unspecified atom stereocenters. The molecule has 0 radical (unpaired) electrons. The van der Waals surface area contributed by atoms with E-state index >= 15 is 0 Å². The number of rotatable bonds is 4. The van der Waals surface area contributed by atoms with Gasteiger partial charge >= 0.3 is 0 Å². The third kappa shape index (κ3) is 5.33. The summed E-state index contributed by atoms with van der Waals surface area (Å²) in [7, 11) is 0. The summed E-state index contributed by atoms with van der Waals surface area (Å²) in [5.74, 6) is 5.91. The Balaban J connectivity index is 1.77. The second kappa shape index (κ2) is 8.33. The van der Waals surface area contributed by atoms with E-state index in [1.165, 1.54) is 0 Å². The molecule has 0 atom stereocenters. The Hall–Kier alpha value is -2.15. The van der Waals surface area contributed by atoms with E-state index in [1.54, 1.807) is 18.2 Å². The van der Waals surface area contributed by atoms with Crippen LogP contribution in [-0.4, -0.2) is 19.1 Å². The molecule has 2 rings (SSSR count). The molecule has 3 nitrogen and oxygen atoms in total. The second-order valence-electron chi connectivity index (χ2n) is 4.31. The van der Waals surface area contributed by atoms with Crippen LogP contribution in [0, 0.1) is 11.8 Å². The Morgan fingerprint density at radius 2 is 1.91 bits per heavy atom. The van der Waals surface area contributed by atoms with E-state index < -0.39 is 0 Å². The molecule has 2 aromatic carbocycles. The highest BCUT2D eigenvalue weighted by atomic mass is 35.5. The van der Waals surface area contributed by atoms with Crippen molar-refractivity contribution < 1.29 is 9.53 Å². The summed E-state index contributed by atoms with van der Waals surface area (Å²) in [5, 5.41) is 3.54. The van der Waals surface area contributed by atoms with Gasteiger partial charge in [-0.3, -0.25) is 4.79 Å². The average Bonchev–Trinajstić information content (AvgIpc) is 2.53. The monoisotopic (exact) mass is 333 g/mol. The van der Waals surface area contributed by atoms with Gasteiger partial charge in [0.15, 0.2) is 6.61 Å². The summed E-state index contributed by atoms with van der Waals surface area (Å²) < 4.78 is 5.32. The molecule has 112 valence electrons. The Bertz CT molecular complexity index is 706. The van der Waals surface area contributed by atoms with E-state index in [2.05, 4.69) is 17.2 Å². The molecule has 0 saturated heterocycles. The first-order valence-electron chi connectivity index (χ1n) is 6.53. The molecule has 0 aliphatic rings. The Kier molecular flexibility index (Phi) is 6.14. The second-order valence-corrected chi connectivity index (χ2v) is 5.15. The summed E-state index contributed by atoms with van der Waals surface area (Å²) in [4.78, 5) is 11.6. The summed E-state index contributed by atoms with van der Waals surface area (Å²) in [6, 6.07) is 14.4. The maximum Gasteiger partial charge on any atom is 0.258 e. The van der Waals surface area contributed by atoms with Crippen LogP contribution < -0.4 is 10.1 Å². The quantitative estimate of drug-likeness (QED) is 0.869. The van der Waals surface area contributed by atoms with Crippen molar-refractivity contribution in [2.24, 2.45) is 0 Å². The molecule has 0 spiro atoms. The fourth-order valence-electron chi connectivity index (χ4n) is 1.59. The van der Waals surface area contributed by atoms with Crippen molar-refractivity contribution in [1.82, 2.24) is 5.32 Å². The Morgan fingerprint density at radius 1 is 1.14 bits per heavy atom. The van der Waals surface area contributed by atoms with Crippen LogP contribution in [0.25, 0.3) is 0 Å². The van der Waals surface area contributed by atoms with Crippen LogP contribution in [0.2, 0.25) is 10.0 Å². The molecule has 0 heterocycles. The van der Waals surface area contributed by atoms with E-state index in [0.717, 1.165) is 5.56 Å². The largest absolute Gasteiger partial charge is 0.482 e. The third-order valence-electron chi connectivity index (χ3n) is 2.63. The number of benzene rings is 2. The van der Waals surface area contributed by atoms with Crippen LogP contribution >= 0.6 is 23.2 Å². The van der Waals surface area contributed by atoms with Crippen LogP contribution in [0.5, 0.6) is 5.75 Å². The lowest BCUT2D eigenvalue weighted by Crippen LogP contribution is -2.29. The van der Waals surface area contributed by atoms with Crippen LogP contribution in [0.15, 0.2) is 48.5 Å². The van der Waals surface area contributed by atoms with E-state index in [-0.39, 0.29) is 19.1 Å². The molecule has 0 aliphatic heterocycles. The first-order chi connectivity index (χ1) is 10.6. The van der Waals surface area contributed by atoms with Crippen molar-refractivity contribution in [3.05, 3.63) is 64.1 Å². The van der Waals surface area contributed by atoms with Gasteiger partial charge in [-0.05, 0) is 24.3 Å². The van der Waals surface area contributed by atoms with Crippen molar-refractivity contribution in [2.45, 2.75) is 0 Å². The van der Waals surface area contributed by atoms with Crippen molar-refractivity contribution in [1.29, 1.82) is 0 Å². The average molecular weight is 334 g/mol. The number of nitrogens with one attached hydrogen (secondary N) is 1. The lowest BCUT2D eigenvalue weighted by Gasteiger charge is -2.07. The highest BCUT2D eigenvalue weighted by molar-refractivity contribution is 6.34. The molecular weight excluding hydrogens is 321 g/mol. The fourth-order valence-corrected chi connectivity index (χ4v) is 1.93. The Labute approximate surface area is 139 Å². The highest BCUT2D eigenvalue weighted by Gasteiger charge is 2.05. The normalized spacial score (nSPS) is 9.55. The minimum absolute atomic E-state index is 0.146. The van der Waals surface area contributed by atoms with Crippen molar-refractivity contribution in [3.8, 4) is 17.6 Å². The van der Waals surface area contributed by atoms with Gasteiger partial charge in [0.2, 0.25) is 0 Å². The SMILES string of the molecule is O=C(COc1cc(Cl)ccc1Cl)NCC#Cc1ccccc1. The minimum Gasteiger partial charge on any atom is -0.482 e. The molecule has 0 bridgehead atoms. The van der Waals surface area contributed by atoms with Crippen LogP contribution in [-0.2, 0) is 4.79 Å². The topological polar surface area (TPSA) is 38.3 Å². The number of ether oxygens (including phenoxy) is 1. The van der Waals surface area contributed by atoms with Gasteiger partial charge in [0.25, 0.3) is 5.91 Å². The van der Waals surface area contributed by atoms with Gasteiger partial charge in [0.05, 0.1) is 11.6 Å². The van der Waals surface area contributed by atoms with Crippen LogP contribution in [0.4, 0.5) is 0 Å². The summed E-state index contributed by atoms with van der Waals surface area (Å²) in [6.45, 7) is 0.105. The molecule has 1 N–H and O–H groups in total. The molecule has 0 saturated carbocycles. The van der Waals surface area contributed by atoms with E-state index in [0.29, 0.717) is 15.8 Å². The number of hydrogen-bond donors (Lipinski definition) is 1. The number of halogens is 2. The molecule has 22 heavy (non-hydrogen) atoms.